The van der Waals surface area contributed by atoms with Gasteiger partial charge >= 0.3 is 5.97 Å². The summed E-state index contributed by atoms with van der Waals surface area (Å²) in [5.41, 5.74) is 4.59. The average Bonchev–Trinajstić information content (AvgIpc) is 2.87. The minimum Gasteiger partial charge on any atom is -0.481 e. The van der Waals surface area contributed by atoms with Gasteiger partial charge in [0.05, 0.1) is 6.21 Å². The number of piperazine rings is 1. The summed E-state index contributed by atoms with van der Waals surface area (Å²) in [5.74, 6) is -0.784. The largest absolute Gasteiger partial charge is 0.481 e. The van der Waals surface area contributed by atoms with Crippen LogP contribution >= 0.6 is 0 Å². The molecular weight excluding hydrogens is 456 g/mol. The molecule has 1 saturated heterocycles. The Morgan fingerprint density at radius 2 is 1.89 bits per heavy atom. The summed E-state index contributed by atoms with van der Waals surface area (Å²) in [6, 6.07) is 13.4. The second-order valence-corrected chi connectivity index (χ2v) is 9.78. The van der Waals surface area contributed by atoms with E-state index in [9.17, 15) is 14.7 Å². The van der Waals surface area contributed by atoms with Crippen molar-refractivity contribution in [3.8, 4) is 0 Å². The summed E-state index contributed by atoms with van der Waals surface area (Å²) >= 11 is 0. The topological polar surface area (TPSA) is 94.5 Å². The van der Waals surface area contributed by atoms with Gasteiger partial charge in [-0.1, -0.05) is 18.2 Å². The van der Waals surface area contributed by atoms with E-state index in [4.69, 9.17) is 4.74 Å². The van der Waals surface area contributed by atoms with E-state index in [0.29, 0.717) is 12.2 Å². The van der Waals surface area contributed by atoms with E-state index in [1.54, 1.807) is 7.11 Å². The van der Waals surface area contributed by atoms with Crippen molar-refractivity contribution in [1.82, 2.24) is 9.91 Å². The molecule has 2 aromatic rings. The molecule has 0 spiro atoms. The summed E-state index contributed by atoms with van der Waals surface area (Å²) in [5, 5.41) is 19.0. The molecule has 8 heteroatoms. The molecule has 36 heavy (non-hydrogen) atoms. The van der Waals surface area contributed by atoms with Crippen LogP contribution in [0.15, 0.2) is 47.6 Å². The molecule has 192 valence electrons. The van der Waals surface area contributed by atoms with Crippen LogP contribution in [0.2, 0.25) is 0 Å². The molecule has 0 aromatic heterocycles. The highest BCUT2D eigenvalue weighted by atomic mass is 16.5. The third-order valence-corrected chi connectivity index (χ3v) is 7.25. The standard InChI is InChI=1S/C28H36N4O4/c1-31-12-14-32(15-13-31)29-19-20-3-5-22(6-4-20)28(35)30-24-10-9-21-7-8-23(17-27(33)34)25(11-16-36-2)26(21)18-24/h3-6,9-10,18-19,23,25H,7-8,11-17H2,1-2H3,(H,30,35)(H,33,34). The number of aryl methyl sites for hydroxylation is 1. The van der Waals surface area contributed by atoms with Gasteiger partial charge in [0, 0.05) is 57.6 Å². The maximum absolute atomic E-state index is 12.9. The number of hydrogen-bond donors (Lipinski definition) is 2. The van der Waals surface area contributed by atoms with Crippen LogP contribution in [-0.2, 0) is 16.0 Å². The van der Waals surface area contributed by atoms with Crippen molar-refractivity contribution < 1.29 is 19.4 Å². The van der Waals surface area contributed by atoms with Gasteiger partial charge in [-0.2, -0.15) is 5.10 Å². The minimum absolute atomic E-state index is 0.0659. The second kappa shape index (κ2) is 12.1. The number of rotatable bonds is 9. The van der Waals surface area contributed by atoms with Crippen LogP contribution in [-0.4, -0.2) is 80.0 Å². The highest BCUT2D eigenvalue weighted by Gasteiger charge is 2.31. The summed E-state index contributed by atoms with van der Waals surface area (Å²) in [6.45, 7) is 4.41. The SMILES string of the molecule is COCCC1c2cc(NC(=O)c3ccc(C=NN4CCN(C)CC4)cc3)ccc2CCC1CC(=O)O. The third kappa shape index (κ3) is 6.71. The molecule has 0 bridgehead atoms. The number of ether oxygens (including phenoxy) is 1. The Balaban J connectivity index is 1.42. The molecule has 1 amide bonds. The van der Waals surface area contributed by atoms with Gasteiger partial charge in [-0.3, -0.25) is 14.6 Å². The first-order valence-electron chi connectivity index (χ1n) is 12.7. The number of nitrogens with zero attached hydrogens (tertiary/aromatic N) is 3. The Hall–Kier alpha value is -3.23. The molecule has 8 nitrogen and oxygen atoms in total. The summed E-state index contributed by atoms with van der Waals surface area (Å²) < 4.78 is 5.30. The molecular formula is C28H36N4O4. The molecule has 1 heterocycles. The predicted octanol–water partition coefficient (Wildman–Crippen LogP) is 3.68. The fraction of sp³-hybridized carbons (Fsp3) is 0.464. The van der Waals surface area contributed by atoms with Gasteiger partial charge in [-0.25, -0.2) is 0 Å². The monoisotopic (exact) mass is 492 g/mol. The number of hydrazone groups is 1. The number of carboxylic acids is 1. The highest BCUT2D eigenvalue weighted by Crippen LogP contribution is 2.41. The van der Waals surface area contributed by atoms with Gasteiger partial charge in [-0.05, 0) is 79.1 Å². The van der Waals surface area contributed by atoms with E-state index in [2.05, 4.69) is 33.4 Å². The number of carbonyl (C=O) groups excluding carboxylic acids is 1. The van der Waals surface area contributed by atoms with E-state index in [1.165, 1.54) is 5.56 Å². The second-order valence-electron chi connectivity index (χ2n) is 9.78. The zero-order valence-electron chi connectivity index (χ0n) is 21.2. The molecule has 2 N–H and O–H groups in total. The molecule has 2 atom stereocenters. The van der Waals surface area contributed by atoms with Gasteiger partial charge < -0.3 is 20.1 Å². The smallest absolute Gasteiger partial charge is 0.303 e. The maximum Gasteiger partial charge on any atom is 0.303 e. The van der Waals surface area contributed by atoms with Crippen molar-refractivity contribution in [3.05, 3.63) is 64.7 Å². The van der Waals surface area contributed by atoms with Crippen molar-refractivity contribution in [2.75, 3.05) is 52.3 Å². The van der Waals surface area contributed by atoms with Crippen LogP contribution in [0.4, 0.5) is 5.69 Å². The van der Waals surface area contributed by atoms with Gasteiger partial charge in [0.25, 0.3) is 5.91 Å². The number of carboxylic acid groups (broad SMARTS) is 1. The molecule has 0 saturated carbocycles. The van der Waals surface area contributed by atoms with Gasteiger partial charge in [0.15, 0.2) is 0 Å². The lowest BCUT2D eigenvalue weighted by atomic mass is 9.72. The van der Waals surface area contributed by atoms with E-state index < -0.39 is 5.97 Å². The Morgan fingerprint density at radius 3 is 2.58 bits per heavy atom. The van der Waals surface area contributed by atoms with E-state index in [1.807, 2.05) is 42.6 Å². The number of nitrogens with one attached hydrogen (secondary N) is 1. The van der Waals surface area contributed by atoms with Crippen molar-refractivity contribution in [3.63, 3.8) is 0 Å². The van der Waals surface area contributed by atoms with Gasteiger partial charge in [0.2, 0.25) is 0 Å². The number of methoxy groups -OCH3 is 1. The normalized spacial score (nSPS) is 20.3. The lowest BCUT2D eigenvalue weighted by Gasteiger charge is -2.33. The first kappa shape index (κ1) is 25.9. The molecule has 2 aliphatic rings. The Labute approximate surface area is 212 Å². The number of anilines is 1. The lowest BCUT2D eigenvalue weighted by Crippen LogP contribution is -2.41. The van der Waals surface area contributed by atoms with E-state index >= 15 is 0 Å². The first-order valence-corrected chi connectivity index (χ1v) is 12.7. The number of aliphatic carboxylic acids is 1. The van der Waals surface area contributed by atoms with Crippen LogP contribution in [0.5, 0.6) is 0 Å². The number of benzene rings is 2. The van der Waals surface area contributed by atoms with Crippen molar-refractivity contribution in [2.24, 2.45) is 11.0 Å². The highest BCUT2D eigenvalue weighted by molar-refractivity contribution is 6.04. The van der Waals surface area contributed by atoms with Crippen LogP contribution in [0, 0.1) is 5.92 Å². The quantitative estimate of drug-likeness (QED) is 0.519. The molecule has 0 radical (unpaired) electrons. The molecule has 2 aromatic carbocycles. The van der Waals surface area contributed by atoms with Crippen LogP contribution in [0.3, 0.4) is 0 Å². The summed E-state index contributed by atoms with van der Waals surface area (Å²) in [4.78, 5) is 26.7. The molecule has 1 aliphatic carbocycles. The number of likely N-dealkylation sites (N-methyl/N-ethyl adjacent to an activating group) is 1. The predicted molar refractivity (Wildman–Crippen MR) is 141 cm³/mol. The fourth-order valence-electron chi connectivity index (χ4n) is 5.13. The van der Waals surface area contributed by atoms with Crippen molar-refractivity contribution in [2.45, 2.75) is 31.6 Å². The number of hydrogen-bond acceptors (Lipinski definition) is 6. The summed E-state index contributed by atoms with van der Waals surface area (Å²) in [7, 11) is 3.78. The van der Waals surface area contributed by atoms with Crippen molar-refractivity contribution >= 4 is 23.8 Å². The van der Waals surface area contributed by atoms with Crippen LogP contribution in [0.1, 0.15) is 52.2 Å². The summed E-state index contributed by atoms with van der Waals surface area (Å²) in [6.07, 6.45) is 4.45. The Bertz CT molecular complexity index is 1080. The maximum atomic E-state index is 12.9. The lowest BCUT2D eigenvalue weighted by molar-refractivity contribution is -0.138. The Morgan fingerprint density at radius 1 is 1.14 bits per heavy atom. The number of carbonyl (C=O) groups is 2. The average molecular weight is 493 g/mol. The molecule has 2 unspecified atom stereocenters. The van der Waals surface area contributed by atoms with Gasteiger partial charge in [0.1, 0.15) is 0 Å². The minimum atomic E-state index is -0.771. The van der Waals surface area contributed by atoms with Gasteiger partial charge in [-0.15, -0.1) is 0 Å². The Kier molecular flexibility index (Phi) is 8.72. The molecule has 1 aliphatic heterocycles. The number of fused-ring (bicyclic) bond motifs is 1. The van der Waals surface area contributed by atoms with Crippen molar-refractivity contribution in [1.29, 1.82) is 0 Å². The zero-order valence-corrected chi connectivity index (χ0v) is 21.2. The van der Waals surface area contributed by atoms with E-state index in [0.717, 1.165) is 62.3 Å². The van der Waals surface area contributed by atoms with Crippen LogP contribution < -0.4 is 5.32 Å². The number of amides is 1. The third-order valence-electron chi connectivity index (χ3n) is 7.25. The molecule has 1 fully saturated rings. The zero-order chi connectivity index (χ0) is 25.5. The van der Waals surface area contributed by atoms with Crippen LogP contribution in [0.25, 0.3) is 0 Å². The molecule has 4 rings (SSSR count). The fourth-order valence-corrected chi connectivity index (χ4v) is 5.13. The first-order chi connectivity index (χ1) is 17.4. The van der Waals surface area contributed by atoms with E-state index in [-0.39, 0.29) is 24.2 Å².